The maximum atomic E-state index is 9.45. The van der Waals surface area contributed by atoms with E-state index in [0.29, 0.717) is 27.8 Å². The van der Waals surface area contributed by atoms with E-state index in [-0.39, 0.29) is 22.7 Å². The van der Waals surface area contributed by atoms with Crippen molar-refractivity contribution < 1.29 is 8.22 Å². The van der Waals surface area contributed by atoms with Gasteiger partial charge in [-0.2, -0.15) is 0 Å². The van der Waals surface area contributed by atoms with E-state index < -0.39 is 19.1 Å². The molecule has 0 aliphatic heterocycles. The van der Waals surface area contributed by atoms with E-state index in [4.69, 9.17) is 2.74 Å². The Kier molecular flexibility index (Phi) is 6.07. The number of hydrogen-bond donors (Lipinski definition) is 0. The molecule has 3 rings (SSSR count). The van der Waals surface area contributed by atoms with E-state index in [1.165, 1.54) is 0 Å². The predicted molar refractivity (Wildman–Crippen MR) is 160 cm³/mol. The van der Waals surface area contributed by atoms with Gasteiger partial charge in [0.05, 0.1) is 0 Å². The first-order chi connectivity index (χ1) is 18.8. The van der Waals surface area contributed by atoms with Crippen LogP contribution in [0, 0.1) is 6.92 Å². The zero-order valence-corrected chi connectivity index (χ0v) is 24.4. The van der Waals surface area contributed by atoms with Gasteiger partial charge in [-0.05, 0) is 86.8 Å². The molecule has 0 saturated heterocycles. The highest BCUT2D eigenvalue weighted by atomic mass is 14.2. The molecule has 0 spiro atoms. The normalized spacial score (nSPS) is 16.4. The summed E-state index contributed by atoms with van der Waals surface area (Å²) in [6.45, 7) is 22.5. The minimum atomic E-state index is -1.99. The second-order valence-electron chi connectivity index (χ2n) is 13.2. The second-order valence-corrected chi connectivity index (χ2v) is 13.2. The van der Waals surface area contributed by atoms with Crippen LogP contribution < -0.4 is 0 Å². The van der Waals surface area contributed by atoms with Crippen LogP contribution >= 0.6 is 0 Å². The van der Waals surface area contributed by atoms with Crippen LogP contribution in [0.4, 0.5) is 0 Å². The zero-order valence-electron chi connectivity index (χ0n) is 30.4. The molecule has 0 amide bonds. The zero-order chi connectivity index (χ0) is 32.3. The standard InChI is InChI=1S/C36H50/c1-12-13-26-16-28(22-32(20-26)35(6,7)8)18-30-19-29(23-33(24-30)36(9,10)11)17-27-14-25(2)15-31(21-27)34(3,4)5/h14-16,19-24H,12-13,17-18H2,1-11H3/i13D2,17D2,18D2. The third-order valence-corrected chi connectivity index (χ3v) is 6.50. The smallest absolute Gasteiger partial charge is 0.0366 e. The summed E-state index contributed by atoms with van der Waals surface area (Å²) < 4.78 is 54.9. The lowest BCUT2D eigenvalue weighted by Crippen LogP contribution is -2.14. The molecular formula is C36H50. The van der Waals surface area contributed by atoms with E-state index in [9.17, 15) is 5.48 Å². The van der Waals surface area contributed by atoms with Gasteiger partial charge in [0.15, 0.2) is 0 Å². The lowest BCUT2D eigenvalue weighted by molar-refractivity contribution is 0.587. The van der Waals surface area contributed by atoms with Crippen LogP contribution in [0.3, 0.4) is 0 Å². The highest BCUT2D eigenvalue weighted by molar-refractivity contribution is 5.43. The number of benzene rings is 3. The van der Waals surface area contributed by atoms with E-state index in [1.54, 1.807) is 19.1 Å². The Bertz CT molecular complexity index is 1440. The van der Waals surface area contributed by atoms with Crippen molar-refractivity contribution in [2.45, 2.75) is 118 Å². The van der Waals surface area contributed by atoms with Gasteiger partial charge in [-0.1, -0.05) is 136 Å². The van der Waals surface area contributed by atoms with Gasteiger partial charge in [-0.25, -0.2) is 0 Å². The number of aryl methyl sites for hydroxylation is 2. The molecule has 3 aromatic carbocycles. The molecule has 0 bridgehead atoms. The summed E-state index contributed by atoms with van der Waals surface area (Å²) in [6, 6.07) is 16.7. The van der Waals surface area contributed by atoms with Gasteiger partial charge in [0, 0.05) is 8.22 Å². The van der Waals surface area contributed by atoms with Gasteiger partial charge in [0.1, 0.15) is 0 Å². The molecule has 0 aliphatic carbocycles. The molecule has 0 aromatic heterocycles. The molecule has 0 fully saturated rings. The topological polar surface area (TPSA) is 0 Å². The Morgan fingerprint density at radius 3 is 1.22 bits per heavy atom. The Morgan fingerprint density at radius 1 is 0.500 bits per heavy atom. The molecule has 0 unspecified atom stereocenters. The van der Waals surface area contributed by atoms with Crippen molar-refractivity contribution in [2.24, 2.45) is 0 Å². The Balaban J connectivity index is 2.34. The maximum Gasteiger partial charge on any atom is 0.0366 e. The first-order valence-electron chi connectivity index (χ1n) is 16.3. The largest absolute Gasteiger partial charge is 0.0651 e. The van der Waals surface area contributed by atoms with Crippen molar-refractivity contribution in [3.63, 3.8) is 0 Å². The van der Waals surface area contributed by atoms with Gasteiger partial charge in [-0.3, -0.25) is 0 Å². The summed E-state index contributed by atoms with van der Waals surface area (Å²) in [5.74, 6) is 0. The Hall–Kier alpha value is -2.34. The van der Waals surface area contributed by atoms with E-state index >= 15 is 0 Å². The van der Waals surface area contributed by atoms with E-state index in [1.807, 2.05) is 64.1 Å². The third-order valence-electron chi connectivity index (χ3n) is 6.50. The second kappa shape index (κ2) is 10.6. The van der Waals surface area contributed by atoms with Crippen LogP contribution in [0.15, 0.2) is 54.6 Å². The van der Waals surface area contributed by atoms with Gasteiger partial charge < -0.3 is 0 Å². The number of rotatable bonds is 6. The molecule has 0 radical (unpaired) electrons. The fraction of sp³-hybridized carbons (Fsp3) is 0.500. The van der Waals surface area contributed by atoms with Crippen molar-refractivity contribution in [3.8, 4) is 0 Å². The van der Waals surface area contributed by atoms with Gasteiger partial charge in [0.2, 0.25) is 0 Å². The van der Waals surface area contributed by atoms with Crippen LogP contribution in [0.1, 0.15) is 134 Å². The summed E-state index contributed by atoms with van der Waals surface area (Å²) in [5, 5.41) is 0. The molecule has 194 valence electrons. The lowest BCUT2D eigenvalue weighted by atomic mass is 9.81. The quantitative estimate of drug-likeness (QED) is 0.324. The Morgan fingerprint density at radius 2 is 0.833 bits per heavy atom. The third kappa shape index (κ3) is 7.58. The number of hydrogen-bond acceptors (Lipinski definition) is 0. The van der Waals surface area contributed by atoms with E-state index in [0.717, 1.165) is 22.3 Å². The van der Waals surface area contributed by atoms with Crippen LogP contribution in [0.25, 0.3) is 0 Å². The molecule has 0 nitrogen and oxygen atoms in total. The SMILES string of the molecule is [2H]C([2H])(CC)c1cc(C(C)(C)C)cc(C([2H])([2H])c2cc(C(C)(C)C)cc(C([2H])([2H])c3cc(C)cc(C(C)(C)C)c3)c2)c1. The summed E-state index contributed by atoms with van der Waals surface area (Å²) in [5.41, 5.74) is 5.14. The van der Waals surface area contributed by atoms with Crippen molar-refractivity contribution >= 4 is 0 Å². The maximum absolute atomic E-state index is 9.45. The average Bonchev–Trinajstić information content (AvgIpc) is 2.86. The molecule has 0 heterocycles. The summed E-state index contributed by atoms with van der Waals surface area (Å²) >= 11 is 0. The summed E-state index contributed by atoms with van der Waals surface area (Å²) in [4.78, 5) is 0. The molecule has 0 heteroatoms. The first-order valence-corrected chi connectivity index (χ1v) is 13.3. The summed E-state index contributed by atoms with van der Waals surface area (Å²) in [7, 11) is 0. The van der Waals surface area contributed by atoms with Crippen LogP contribution in [-0.4, -0.2) is 0 Å². The molecule has 0 aliphatic rings. The predicted octanol–water partition coefficient (Wildman–Crippen LogP) is 10.0. The van der Waals surface area contributed by atoms with Crippen molar-refractivity contribution in [3.05, 3.63) is 105 Å². The molecular weight excluding hydrogens is 432 g/mol. The average molecular weight is 489 g/mol. The van der Waals surface area contributed by atoms with Crippen molar-refractivity contribution in [1.29, 1.82) is 0 Å². The fourth-order valence-corrected chi connectivity index (χ4v) is 4.27. The summed E-state index contributed by atoms with van der Waals surface area (Å²) in [6.07, 6.45) is -5.18. The van der Waals surface area contributed by atoms with Crippen LogP contribution in [0.2, 0.25) is 0 Å². The van der Waals surface area contributed by atoms with Crippen LogP contribution in [0.5, 0.6) is 0 Å². The molecule has 3 aromatic rings. The molecule has 0 N–H and O–H groups in total. The highest BCUT2D eigenvalue weighted by Gasteiger charge is 2.19. The molecule has 0 saturated carbocycles. The minimum absolute atomic E-state index is 0.147. The van der Waals surface area contributed by atoms with Gasteiger partial charge >= 0.3 is 0 Å². The van der Waals surface area contributed by atoms with Gasteiger partial charge in [0.25, 0.3) is 0 Å². The monoisotopic (exact) mass is 488 g/mol. The van der Waals surface area contributed by atoms with Crippen LogP contribution in [-0.2, 0) is 35.4 Å². The highest BCUT2D eigenvalue weighted by Crippen LogP contribution is 2.30. The van der Waals surface area contributed by atoms with Gasteiger partial charge in [-0.15, -0.1) is 0 Å². The first kappa shape index (κ1) is 20.7. The van der Waals surface area contributed by atoms with E-state index in [2.05, 4.69) is 47.6 Å². The lowest BCUT2D eigenvalue weighted by Gasteiger charge is -2.24. The molecule has 36 heavy (non-hydrogen) atoms. The van der Waals surface area contributed by atoms with Crippen molar-refractivity contribution in [2.75, 3.05) is 0 Å². The molecule has 0 atom stereocenters. The Labute approximate surface area is 231 Å². The fourth-order valence-electron chi connectivity index (χ4n) is 4.27. The minimum Gasteiger partial charge on any atom is -0.0651 e. The van der Waals surface area contributed by atoms with Crippen molar-refractivity contribution in [1.82, 2.24) is 0 Å².